The molecular weight excluding hydrogens is 288 g/mol. The van der Waals surface area contributed by atoms with E-state index in [0.29, 0.717) is 24.0 Å². The van der Waals surface area contributed by atoms with Crippen molar-refractivity contribution >= 4 is 6.09 Å². The van der Waals surface area contributed by atoms with Crippen LogP contribution in [-0.4, -0.2) is 30.3 Å². The van der Waals surface area contributed by atoms with Gasteiger partial charge in [0.25, 0.3) is 0 Å². The second kappa shape index (κ2) is 8.91. The molecule has 2 N–H and O–H groups in total. The van der Waals surface area contributed by atoms with Crippen LogP contribution in [0, 0.1) is 5.41 Å². The number of rotatable bonds is 7. The first kappa shape index (κ1) is 20.3. The molecule has 0 saturated heterocycles. The van der Waals surface area contributed by atoms with E-state index in [4.69, 9.17) is 4.74 Å². The number of alkyl carbamates (subject to hydrolysis) is 1. The highest BCUT2D eigenvalue weighted by molar-refractivity contribution is 5.67. The molecule has 4 nitrogen and oxygen atoms in total. The minimum atomic E-state index is -0.439. The van der Waals surface area contributed by atoms with Gasteiger partial charge >= 0.3 is 6.09 Å². The zero-order chi connectivity index (χ0) is 17.5. The molecular formula is C19H38N2O2. The molecule has 0 aromatic heterocycles. The summed E-state index contributed by atoms with van der Waals surface area (Å²) in [6, 6.07) is 0.930. The van der Waals surface area contributed by atoms with Crippen LogP contribution in [0.1, 0.15) is 86.5 Å². The standard InChI is InChI=1S/C19H38N2O2/c1-7-8-9-16(14-20-17(22)23-18(2,3)4)21-15-10-12-19(5,6)13-11-15/h15-16,21H,7-14H2,1-6H3,(H,20,22). The number of hydrogen-bond donors (Lipinski definition) is 2. The molecule has 1 unspecified atom stereocenters. The predicted molar refractivity (Wildman–Crippen MR) is 96.7 cm³/mol. The maximum Gasteiger partial charge on any atom is 0.407 e. The van der Waals surface area contributed by atoms with E-state index in [-0.39, 0.29) is 6.09 Å². The van der Waals surface area contributed by atoms with E-state index in [1.54, 1.807) is 0 Å². The molecule has 0 aromatic rings. The van der Waals surface area contributed by atoms with Crippen LogP contribution in [0.5, 0.6) is 0 Å². The first-order valence-electron chi connectivity index (χ1n) is 9.34. The second-order valence-electron chi connectivity index (χ2n) is 8.83. The van der Waals surface area contributed by atoms with Gasteiger partial charge in [-0.25, -0.2) is 4.79 Å². The molecule has 4 heteroatoms. The number of amides is 1. The van der Waals surface area contributed by atoms with Gasteiger partial charge in [-0.15, -0.1) is 0 Å². The number of ether oxygens (including phenoxy) is 1. The highest BCUT2D eigenvalue weighted by atomic mass is 16.6. The van der Waals surface area contributed by atoms with Crippen molar-refractivity contribution in [3.63, 3.8) is 0 Å². The molecule has 0 heterocycles. The highest BCUT2D eigenvalue weighted by Crippen LogP contribution is 2.35. The molecule has 23 heavy (non-hydrogen) atoms. The van der Waals surface area contributed by atoms with Crippen molar-refractivity contribution in [2.45, 2.75) is 104 Å². The molecule has 136 valence electrons. The minimum absolute atomic E-state index is 0.314. The summed E-state index contributed by atoms with van der Waals surface area (Å²) in [5, 5.41) is 6.71. The third-order valence-electron chi connectivity index (χ3n) is 4.61. The van der Waals surface area contributed by atoms with Gasteiger partial charge in [0.15, 0.2) is 0 Å². The minimum Gasteiger partial charge on any atom is -0.444 e. The summed E-state index contributed by atoms with van der Waals surface area (Å²) in [4.78, 5) is 11.9. The molecule has 1 aliphatic carbocycles. The molecule has 0 spiro atoms. The maximum absolute atomic E-state index is 11.9. The molecule has 1 aliphatic rings. The summed E-state index contributed by atoms with van der Waals surface area (Å²) in [5.74, 6) is 0. The lowest BCUT2D eigenvalue weighted by atomic mass is 9.75. The Kier molecular flexibility index (Phi) is 7.85. The van der Waals surface area contributed by atoms with E-state index in [1.807, 2.05) is 20.8 Å². The highest BCUT2D eigenvalue weighted by Gasteiger charge is 2.28. The normalized spacial score (nSPS) is 20.1. The van der Waals surface area contributed by atoms with E-state index in [9.17, 15) is 4.79 Å². The van der Waals surface area contributed by atoms with Crippen LogP contribution in [0.3, 0.4) is 0 Å². The fraction of sp³-hybridized carbons (Fsp3) is 0.947. The van der Waals surface area contributed by atoms with Gasteiger partial charge in [0.1, 0.15) is 5.60 Å². The van der Waals surface area contributed by atoms with Gasteiger partial charge < -0.3 is 15.4 Å². The summed E-state index contributed by atoms with van der Waals surface area (Å²) in [7, 11) is 0. The van der Waals surface area contributed by atoms with Crippen molar-refractivity contribution in [2.24, 2.45) is 5.41 Å². The van der Waals surface area contributed by atoms with E-state index >= 15 is 0 Å². The van der Waals surface area contributed by atoms with Gasteiger partial charge in [-0.05, 0) is 58.3 Å². The van der Waals surface area contributed by atoms with Gasteiger partial charge in [-0.3, -0.25) is 0 Å². The Hall–Kier alpha value is -0.770. The Labute approximate surface area is 143 Å². The van der Waals surface area contributed by atoms with Crippen molar-refractivity contribution < 1.29 is 9.53 Å². The number of nitrogens with one attached hydrogen (secondary N) is 2. The topological polar surface area (TPSA) is 50.4 Å². The number of unbranched alkanes of at least 4 members (excludes halogenated alkanes) is 1. The van der Waals surface area contributed by atoms with Crippen LogP contribution in [0.4, 0.5) is 4.79 Å². The van der Waals surface area contributed by atoms with Gasteiger partial charge in [0.2, 0.25) is 0 Å². The summed E-state index contributed by atoms with van der Waals surface area (Å²) in [6.07, 6.45) is 8.20. The fourth-order valence-electron chi connectivity index (χ4n) is 3.11. The van der Waals surface area contributed by atoms with Crippen molar-refractivity contribution in [3.05, 3.63) is 0 Å². The third-order valence-corrected chi connectivity index (χ3v) is 4.61. The number of carbonyl (C=O) groups is 1. The summed E-state index contributed by atoms with van der Waals surface area (Å²) < 4.78 is 5.33. The monoisotopic (exact) mass is 326 g/mol. The average Bonchev–Trinajstić information content (AvgIpc) is 2.42. The van der Waals surface area contributed by atoms with Crippen molar-refractivity contribution in [2.75, 3.05) is 6.54 Å². The molecule has 1 saturated carbocycles. The molecule has 1 atom stereocenters. The zero-order valence-electron chi connectivity index (χ0n) is 16.1. The van der Waals surface area contributed by atoms with E-state index in [2.05, 4.69) is 31.4 Å². The first-order valence-corrected chi connectivity index (χ1v) is 9.34. The van der Waals surface area contributed by atoms with Gasteiger partial charge in [-0.1, -0.05) is 33.6 Å². The molecule has 1 rings (SSSR count). The van der Waals surface area contributed by atoms with Crippen LogP contribution in [0.2, 0.25) is 0 Å². The lowest BCUT2D eigenvalue weighted by molar-refractivity contribution is 0.0519. The molecule has 0 bridgehead atoms. The van der Waals surface area contributed by atoms with Crippen LogP contribution in [0.15, 0.2) is 0 Å². The second-order valence-corrected chi connectivity index (χ2v) is 8.83. The Bertz CT molecular complexity index is 351. The van der Waals surface area contributed by atoms with Gasteiger partial charge in [0.05, 0.1) is 0 Å². The fourth-order valence-corrected chi connectivity index (χ4v) is 3.11. The summed E-state index contributed by atoms with van der Waals surface area (Å²) in [5.41, 5.74) is 0.0528. The third kappa shape index (κ3) is 9.19. The van der Waals surface area contributed by atoms with E-state index in [1.165, 1.54) is 38.5 Å². The summed E-state index contributed by atoms with van der Waals surface area (Å²) >= 11 is 0. The van der Waals surface area contributed by atoms with Crippen LogP contribution in [-0.2, 0) is 4.74 Å². The Balaban J connectivity index is 2.41. The Morgan fingerprint density at radius 2 is 1.87 bits per heavy atom. The van der Waals surface area contributed by atoms with Gasteiger partial charge in [-0.2, -0.15) is 0 Å². The summed E-state index contributed by atoms with van der Waals surface area (Å²) in [6.45, 7) is 13.3. The smallest absolute Gasteiger partial charge is 0.407 e. The molecule has 1 fully saturated rings. The van der Waals surface area contributed by atoms with Crippen LogP contribution >= 0.6 is 0 Å². The van der Waals surface area contributed by atoms with E-state index in [0.717, 1.165) is 6.42 Å². The van der Waals surface area contributed by atoms with E-state index < -0.39 is 5.60 Å². The van der Waals surface area contributed by atoms with Crippen molar-refractivity contribution in [1.29, 1.82) is 0 Å². The lowest BCUT2D eigenvalue weighted by Gasteiger charge is -2.36. The molecule has 0 aliphatic heterocycles. The van der Waals surface area contributed by atoms with Gasteiger partial charge in [0, 0.05) is 18.6 Å². The average molecular weight is 327 g/mol. The molecule has 1 amide bonds. The van der Waals surface area contributed by atoms with Crippen LogP contribution < -0.4 is 10.6 Å². The number of carbonyl (C=O) groups excluding carboxylic acids is 1. The Morgan fingerprint density at radius 1 is 1.26 bits per heavy atom. The largest absolute Gasteiger partial charge is 0.444 e. The maximum atomic E-state index is 11.9. The molecule has 0 radical (unpaired) electrons. The number of hydrogen-bond acceptors (Lipinski definition) is 3. The lowest BCUT2D eigenvalue weighted by Crippen LogP contribution is -2.48. The predicted octanol–water partition coefficient (Wildman–Crippen LogP) is 4.63. The molecule has 0 aromatic carbocycles. The first-order chi connectivity index (χ1) is 10.6. The van der Waals surface area contributed by atoms with Crippen LogP contribution in [0.25, 0.3) is 0 Å². The van der Waals surface area contributed by atoms with Crippen molar-refractivity contribution in [1.82, 2.24) is 10.6 Å². The quantitative estimate of drug-likeness (QED) is 0.717. The Morgan fingerprint density at radius 3 is 2.39 bits per heavy atom. The SMILES string of the molecule is CCCCC(CNC(=O)OC(C)(C)C)NC1CCC(C)(C)CC1. The van der Waals surface area contributed by atoms with Crippen molar-refractivity contribution in [3.8, 4) is 0 Å². The zero-order valence-corrected chi connectivity index (χ0v) is 16.1.